The standard InChI is InChI=1S/C50H66O8S2/c1-5-9-29-49(7-3)35-59(53,54)43-27-25-39(33-41(43)45(47(49)51)37-21-15-13-16-22-37)57-31-19-11-12-20-32-58-40-26-28-44-42(34-40)46(38-23-17-14-18-24-38)48(52)50(8-4,30-10-6-2)36-60(44,55)56/h13-18,21-28,33-34,45-48,51-52H,5-12,19-20,29-32,35-36H2,1-4H3/t45-,46+,47?,48?,49+,50-. The van der Waals surface area contributed by atoms with Gasteiger partial charge >= 0.3 is 0 Å². The van der Waals surface area contributed by atoms with Gasteiger partial charge in [0.2, 0.25) is 0 Å². The summed E-state index contributed by atoms with van der Waals surface area (Å²) in [7, 11) is -7.36. The SMILES string of the molecule is CCCC[C@@]1(CC)CS(=O)(=O)c2ccc(OCCCCCCOc3ccc4c(c3)[C@H](c3ccccc3)C(O)[C@](CC)(CCCC)CS4(=O)=O)cc2[C@@H](c2ccccc2)C1O. The van der Waals surface area contributed by atoms with Crippen LogP contribution >= 0.6 is 0 Å². The van der Waals surface area contributed by atoms with E-state index < -0.39 is 54.5 Å². The van der Waals surface area contributed by atoms with Gasteiger partial charge in [-0.05, 0) is 110 Å². The van der Waals surface area contributed by atoms with Crippen molar-refractivity contribution in [1.29, 1.82) is 0 Å². The molecule has 6 atom stereocenters. The number of fused-ring (bicyclic) bond motifs is 2. The molecule has 0 amide bonds. The minimum Gasteiger partial charge on any atom is -0.494 e. The lowest BCUT2D eigenvalue weighted by Gasteiger charge is -2.39. The average Bonchev–Trinajstić information content (AvgIpc) is 3.37. The molecule has 0 bridgehead atoms. The number of benzene rings is 4. The zero-order valence-electron chi connectivity index (χ0n) is 36.0. The molecule has 0 saturated heterocycles. The molecule has 0 aliphatic carbocycles. The third kappa shape index (κ3) is 9.83. The van der Waals surface area contributed by atoms with Crippen molar-refractivity contribution in [3.05, 3.63) is 119 Å². The Morgan fingerprint density at radius 1 is 0.533 bits per heavy atom. The first kappa shape index (κ1) is 45.8. The largest absolute Gasteiger partial charge is 0.494 e. The quantitative estimate of drug-likeness (QED) is 0.0893. The molecule has 4 aromatic rings. The molecule has 0 aromatic heterocycles. The van der Waals surface area contributed by atoms with Crippen LogP contribution in [-0.4, -0.2) is 64.0 Å². The molecule has 4 aromatic carbocycles. The molecule has 8 nitrogen and oxygen atoms in total. The van der Waals surface area contributed by atoms with E-state index in [1.807, 2.05) is 86.6 Å². The molecular weight excluding hydrogens is 793 g/mol. The highest BCUT2D eigenvalue weighted by Crippen LogP contribution is 2.51. The van der Waals surface area contributed by atoms with E-state index in [2.05, 4.69) is 13.8 Å². The number of ether oxygens (including phenoxy) is 2. The minimum atomic E-state index is -3.68. The minimum absolute atomic E-state index is 0.0810. The Labute approximate surface area is 359 Å². The van der Waals surface area contributed by atoms with Crippen molar-refractivity contribution in [2.24, 2.45) is 10.8 Å². The van der Waals surface area contributed by atoms with Gasteiger partial charge in [0.1, 0.15) is 11.5 Å². The third-order valence-electron chi connectivity index (χ3n) is 13.5. The summed E-state index contributed by atoms with van der Waals surface area (Å²) in [6.07, 6.45) is 7.56. The first-order chi connectivity index (χ1) is 28.8. The van der Waals surface area contributed by atoms with Crippen molar-refractivity contribution in [2.45, 2.75) is 139 Å². The van der Waals surface area contributed by atoms with E-state index in [-0.39, 0.29) is 21.3 Å². The summed E-state index contributed by atoms with van der Waals surface area (Å²) in [5, 5.41) is 24.3. The fourth-order valence-corrected chi connectivity index (χ4v) is 14.4. The highest BCUT2D eigenvalue weighted by Gasteiger charge is 2.50. The molecule has 10 heteroatoms. The summed E-state index contributed by atoms with van der Waals surface area (Å²) in [4.78, 5) is 0.553. The second kappa shape index (κ2) is 20.0. The van der Waals surface area contributed by atoms with Gasteiger partial charge in [-0.15, -0.1) is 0 Å². The third-order valence-corrected chi connectivity index (χ3v) is 17.5. The number of hydrogen-bond donors (Lipinski definition) is 2. The van der Waals surface area contributed by atoms with Crippen LogP contribution in [0.3, 0.4) is 0 Å². The number of hydrogen-bond acceptors (Lipinski definition) is 8. The van der Waals surface area contributed by atoms with E-state index in [1.165, 1.54) is 0 Å². The Bertz CT molecular complexity index is 2070. The number of aliphatic hydroxyl groups excluding tert-OH is 2. The summed E-state index contributed by atoms with van der Waals surface area (Å²) in [5.74, 6) is -0.00194. The van der Waals surface area contributed by atoms with Crippen molar-refractivity contribution in [3.63, 3.8) is 0 Å². The van der Waals surface area contributed by atoms with E-state index >= 15 is 0 Å². The molecule has 6 rings (SSSR count). The van der Waals surface area contributed by atoms with E-state index in [4.69, 9.17) is 9.47 Å². The van der Waals surface area contributed by atoms with E-state index in [0.29, 0.717) is 61.5 Å². The van der Waals surface area contributed by atoms with Gasteiger partial charge < -0.3 is 19.7 Å². The van der Waals surface area contributed by atoms with Gasteiger partial charge in [0.25, 0.3) is 0 Å². The van der Waals surface area contributed by atoms with E-state index in [1.54, 1.807) is 24.3 Å². The Hall–Kier alpha value is -3.70. The molecule has 2 heterocycles. The maximum atomic E-state index is 14.0. The lowest BCUT2D eigenvalue weighted by molar-refractivity contribution is 0.0173. The normalized spacial score (nSPS) is 25.6. The molecule has 2 N–H and O–H groups in total. The van der Waals surface area contributed by atoms with Gasteiger partial charge in [0.15, 0.2) is 19.7 Å². The number of sulfone groups is 2. The molecule has 0 spiro atoms. The zero-order valence-corrected chi connectivity index (χ0v) is 37.7. The van der Waals surface area contributed by atoms with Crippen molar-refractivity contribution in [3.8, 4) is 11.5 Å². The molecule has 0 radical (unpaired) electrons. The Balaban J connectivity index is 1.09. The molecule has 60 heavy (non-hydrogen) atoms. The maximum Gasteiger partial charge on any atom is 0.179 e. The predicted octanol–water partition coefficient (Wildman–Crippen LogP) is 10.4. The molecule has 0 saturated carbocycles. The first-order valence-electron chi connectivity index (χ1n) is 22.3. The average molecular weight is 859 g/mol. The van der Waals surface area contributed by atoms with E-state index in [9.17, 15) is 27.0 Å². The second-order valence-corrected chi connectivity index (χ2v) is 21.2. The number of unbranched alkanes of at least 4 members (excludes halogenated alkanes) is 5. The van der Waals surface area contributed by atoms with Crippen LogP contribution < -0.4 is 9.47 Å². The molecule has 0 fully saturated rings. The van der Waals surface area contributed by atoms with Gasteiger partial charge in [0, 0.05) is 22.7 Å². The van der Waals surface area contributed by atoms with Crippen molar-refractivity contribution < 1.29 is 36.5 Å². The Kier molecular flexibility index (Phi) is 15.3. The monoisotopic (exact) mass is 858 g/mol. The lowest BCUT2D eigenvalue weighted by atomic mass is 9.69. The van der Waals surface area contributed by atoms with Crippen LogP contribution in [0.15, 0.2) is 107 Å². The van der Waals surface area contributed by atoms with Crippen LogP contribution in [0.4, 0.5) is 0 Å². The van der Waals surface area contributed by atoms with Crippen LogP contribution in [0.1, 0.15) is 139 Å². The van der Waals surface area contributed by atoms with Crippen molar-refractivity contribution >= 4 is 19.7 Å². The van der Waals surface area contributed by atoms with Crippen molar-refractivity contribution in [2.75, 3.05) is 24.7 Å². The predicted molar refractivity (Wildman–Crippen MR) is 240 cm³/mol. The zero-order chi connectivity index (χ0) is 43.0. The topological polar surface area (TPSA) is 127 Å². The van der Waals surface area contributed by atoms with Crippen molar-refractivity contribution in [1.82, 2.24) is 0 Å². The molecule has 2 unspecified atom stereocenters. The summed E-state index contributed by atoms with van der Waals surface area (Å²) < 4.78 is 68.4. The van der Waals surface area contributed by atoms with E-state index in [0.717, 1.165) is 62.5 Å². The van der Waals surface area contributed by atoms with Gasteiger partial charge in [-0.3, -0.25) is 0 Å². The Morgan fingerprint density at radius 3 is 1.27 bits per heavy atom. The number of rotatable bonds is 19. The Morgan fingerprint density at radius 2 is 0.917 bits per heavy atom. The summed E-state index contributed by atoms with van der Waals surface area (Å²) >= 11 is 0. The fourth-order valence-electron chi connectivity index (χ4n) is 9.87. The maximum absolute atomic E-state index is 14.0. The summed E-state index contributed by atoms with van der Waals surface area (Å²) in [6, 6.07) is 30.0. The fraction of sp³-hybridized carbons (Fsp3) is 0.520. The van der Waals surface area contributed by atoms with Gasteiger partial charge in [-0.2, -0.15) is 0 Å². The number of aliphatic hydroxyl groups is 2. The van der Waals surface area contributed by atoms with Gasteiger partial charge in [-0.1, -0.05) is 114 Å². The molecule has 2 aliphatic rings. The first-order valence-corrected chi connectivity index (χ1v) is 25.6. The molecule has 326 valence electrons. The molecule has 2 aliphatic heterocycles. The second-order valence-electron chi connectivity index (χ2n) is 17.3. The summed E-state index contributed by atoms with van der Waals surface area (Å²) in [6.45, 7) is 9.09. The highest BCUT2D eigenvalue weighted by molar-refractivity contribution is 7.91. The van der Waals surface area contributed by atoms with Gasteiger partial charge in [-0.25, -0.2) is 16.8 Å². The van der Waals surface area contributed by atoms with Crippen LogP contribution in [0.5, 0.6) is 11.5 Å². The van der Waals surface area contributed by atoms with Crippen LogP contribution in [0, 0.1) is 10.8 Å². The van der Waals surface area contributed by atoms with Gasteiger partial charge in [0.05, 0.1) is 46.7 Å². The smallest absolute Gasteiger partial charge is 0.179 e. The van der Waals surface area contributed by atoms with Crippen LogP contribution in [0.2, 0.25) is 0 Å². The highest BCUT2D eigenvalue weighted by atomic mass is 32.2. The lowest BCUT2D eigenvalue weighted by Crippen LogP contribution is -2.42. The molecular formula is C50H66O8S2. The van der Waals surface area contributed by atoms with Crippen LogP contribution in [0.25, 0.3) is 0 Å². The summed E-state index contributed by atoms with van der Waals surface area (Å²) in [5.41, 5.74) is 1.45. The van der Waals surface area contributed by atoms with Crippen LogP contribution in [-0.2, 0) is 19.7 Å².